The minimum Gasteiger partial charge on any atom is -0.357 e. The zero-order valence-electron chi connectivity index (χ0n) is 17.8. The number of benzene rings is 1. The number of aliphatic imine (C=N–C) groups is 1. The van der Waals surface area contributed by atoms with E-state index < -0.39 is 12.2 Å². The molecule has 3 rings (SSSR count). The Balaban J connectivity index is 0.00000341. The van der Waals surface area contributed by atoms with Gasteiger partial charge in [-0.2, -0.15) is 18.3 Å². The maximum Gasteiger partial charge on any atom is 0.403 e. The Morgan fingerprint density at radius 3 is 2.45 bits per heavy atom. The average molecular weight is 550 g/mol. The van der Waals surface area contributed by atoms with E-state index in [0.717, 1.165) is 23.6 Å². The number of hydrogen-bond acceptors (Lipinski definition) is 3. The number of alkyl halides is 3. The first-order chi connectivity index (χ1) is 14.4. The van der Waals surface area contributed by atoms with Crippen LogP contribution in [0.25, 0.3) is 5.69 Å². The SMILES string of the molecule is CCNC(=NCCc1cnn(-c2ccccc2)c1)N1CCN(C(C)C(F)(F)F)CC1.I. The number of nitrogens with zero attached hydrogens (tertiary/aromatic N) is 5. The van der Waals surface area contributed by atoms with E-state index in [2.05, 4.69) is 15.4 Å². The van der Waals surface area contributed by atoms with Crippen molar-refractivity contribution in [3.63, 3.8) is 0 Å². The van der Waals surface area contributed by atoms with E-state index in [4.69, 9.17) is 0 Å². The van der Waals surface area contributed by atoms with Gasteiger partial charge < -0.3 is 10.2 Å². The molecule has 2 aromatic rings. The topological polar surface area (TPSA) is 48.7 Å². The number of hydrogen-bond donors (Lipinski definition) is 1. The third-order valence-electron chi connectivity index (χ3n) is 5.29. The molecule has 0 radical (unpaired) electrons. The van der Waals surface area contributed by atoms with Crippen LogP contribution < -0.4 is 5.32 Å². The van der Waals surface area contributed by atoms with Crippen LogP contribution in [0.4, 0.5) is 13.2 Å². The van der Waals surface area contributed by atoms with Gasteiger partial charge in [0.1, 0.15) is 6.04 Å². The highest BCUT2D eigenvalue weighted by Gasteiger charge is 2.41. The summed E-state index contributed by atoms with van der Waals surface area (Å²) < 4.78 is 40.7. The summed E-state index contributed by atoms with van der Waals surface area (Å²) in [4.78, 5) is 8.21. The lowest BCUT2D eigenvalue weighted by atomic mass is 10.2. The van der Waals surface area contributed by atoms with Crippen molar-refractivity contribution in [2.75, 3.05) is 39.3 Å². The van der Waals surface area contributed by atoms with Crippen LogP contribution in [-0.4, -0.2) is 77.0 Å². The van der Waals surface area contributed by atoms with Crippen LogP contribution in [-0.2, 0) is 6.42 Å². The second kappa shape index (κ2) is 11.7. The first-order valence-electron chi connectivity index (χ1n) is 10.3. The standard InChI is InChI=1S/C21H29F3N6.HI/c1-3-25-20(29-13-11-28(12-14-29)17(2)21(22,23)24)26-10-9-18-15-27-30(16-18)19-7-5-4-6-8-19;/h4-8,15-17H,3,9-14H2,1-2H3,(H,25,26);1H. The van der Waals surface area contributed by atoms with Gasteiger partial charge in [-0.3, -0.25) is 9.89 Å². The van der Waals surface area contributed by atoms with Crippen molar-refractivity contribution in [3.8, 4) is 5.69 Å². The average Bonchev–Trinajstić information content (AvgIpc) is 3.22. The van der Waals surface area contributed by atoms with E-state index in [1.165, 1.54) is 11.8 Å². The van der Waals surface area contributed by atoms with Gasteiger partial charge in [-0.1, -0.05) is 18.2 Å². The first-order valence-corrected chi connectivity index (χ1v) is 10.3. The van der Waals surface area contributed by atoms with Crippen molar-refractivity contribution in [1.82, 2.24) is 24.9 Å². The van der Waals surface area contributed by atoms with E-state index in [0.29, 0.717) is 39.3 Å². The summed E-state index contributed by atoms with van der Waals surface area (Å²) in [6.45, 7) is 6.30. The first kappa shape index (κ1) is 25.4. The van der Waals surface area contributed by atoms with Gasteiger partial charge in [-0.15, -0.1) is 24.0 Å². The lowest BCUT2D eigenvalue weighted by Gasteiger charge is -2.39. The van der Waals surface area contributed by atoms with E-state index in [-0.39, 0.29) is 24.0 Å². The lowest BCUT2D eigenvalue weighted by molar-refractivity contribution is -0.181. The molecular formula is C21H30F3IN6. The number of para-hydroxylation sites is 1. The van der Waals surface area contributed by atoms with Gasteiger partial charge in [-0.25, -0.2) is 4.68 Å². The summed E-state index contributed by atoms with van der Waals surface area (Å²) in [6.07, 6.45) is 0.388. The highest BCUT2D eigenvalue weighted by atomic mass is 127. The molecule has 6 nitrogen and oxygen atoms in total. The molecule has 31 heavy (non-hydrogen) atoms. The van der Waals surface area contributed by atoms with Crippen molar-refractivity contribution in [2.24, 2.45) is 4.99 Å². The molecule has 1 aliphatic rings. The van der Waals surface area contributed by atoms with Gasteiger partial charge in [0.2, 0.25) is 0 Å². The monoisotopic (exact) mass is 550 g/mol. The molecule has 0 spiro atoms. The number of rotatable bonds is 6. The number of halogens is 4. The number of nitrogens with one attached hydrogen (secondary N) is 1. The molecule has 1 aromatic carbocycles. The second-order valence-electron chi connectivity index (χ2n) is 7.35. The van der Waals surface area contributed by atoms with Crippen LogP contribution >= 0.6 is 24.0 Å². The summed E-state index contributed by atoms with van der Waals surface area (Å²) in [5.74, 6) is 0.757. The highest BCUT2D eigenvalue weighted by molar-refractivity contribution is 14.0. The lowest BCUT2D eigenvalue weighted by Crippen LogP contribution is -2.56. The Kier molecular flexibility index (Phi) is 9.60. The molecule has 0 saturated carbocycles. The normalized spacial score (nSPS) is 16.7. The minimum atomic E-state index is -4.19. The molecular weight excluding hydrogens is 520 g/mol. The Hall–Kier alpha value is -1.82. The Labute approximate surface area is 198 Å². The molecule has 2 heterocycles. The summed E-state index contributed by atoms with van der Waals surface area (Å²) >= 11 is 0. The predicted octanol–water partition coefficient (Wildman–Crippen LogP) is 3.57. The summed E-state index contributed by atoms with van der Waals surface area (Å²) in [7, 11) is 0. The van der Waals surface area contributed by atoms with E-state index >= 15 is 0 Å². The van der Waals surface area contributed by atoms with Crippen molar-refractivity contribution >= 4 is 29.9 Å². The van der Waals surface area contributed by atoms with Crippen molar-refractivity contribution in [2.45, 2.75) is 32.5 Å². The maximum absolute atomic E-state index is 12.9. The Bertz CT molecular complexity index is 816. The molecule has 172 valence electrons. The van der Waals surface area contributed by atoms with Crippen LogP contribution in [0.5, 0.6) is 0 Å². The zero-order chi connectivity index (χ0) is 21.6. The molecule has 10 heteroatoms. The van der Waals surface area contributed by atoms with Crippen molar-refractivity contribution < 1.29 is 13.2 Å². The molecule has 1 saturated heterocycles. The molecule has 1 aliphatic heterocycles. The van der Waals surface area contributed by atoms with E-state index in [1.807, 2.05) is 59.2 Å². The van der Waals surface area contributed by atoms with Crippen LogP contribution in [0, 0.1) is 0 Å². The fourth-order valence-corrected chi connectivity index (χ4v) is 3.46. The number of piperazine rings is 1. The smallest absolute Gasteiger partial charge is 0.357 e. The fourth-order valence-electron chi connectivity index (χ4n) is 3.46. The van der Waals surface area contributed by atoms with Gasteiger partial charge in [0, 0.05) is 45.5 Å². The summed E-state index contributed by atoms with van der Waals surface area (Å²) in [5.41, 5.74) is 2.09. The molecule has 1 N–H and O–H groups in total. The van der Waals surface area contributed by atoms with Gasteiger partial charge in [0.15, 0.2) is 5.96 Å². The van der Waals surface area contributed by atoms with Gasteiger partial charge in [0.05, 0.1) is 11.9 Å². The van der Waals surface area contributed by atoms with Crippen LogP contribution in [0.3, 0.4) is 0 Å². The molecule has 0 aliphatic carbocycles. The highest BCUT2D eigenvalue weighted by Crippen LogP contribution is 2.25. The predicted molar refractivity (Wildman–Crippen MR) is 127 cm³/mol. The zero-order valence-corrected chi connectivity index (χ0v) is 20.2. The Morgan fingerprint density at radius 2 is 1.84 bits per heavy atom. The fraction of sp³-hybridized carbons (Fsp3) is 0.524. The van der Waals surface area contributed by atoms with Gasteiger partial charge >= 0.3 is 6.18 Å². The van der Waals surface area contributed by atoms with Gasteiger partial charge in [-0.05, 0) is 38.0 Å². The molecule has 1 fully saturated rings. The summed E-state index contributed by atoms with van der Waals surface area (Å²) in [5, 5.41) is 7.66. The number of aromatic nitrogens is 2. The van der Waals surface area contributed by atoms with E-state index in [9.17, 15) is 13.2 Å². The minimum absolute atomic E-state index is 0. The van der Waals surface area contributed by atoms with Crippen LogP contribution in [0.1, 0.15) is 19.4 Å². The Morgan fingerprint density at radius 1 is 1.16 bits per heavy atom. The van der Waals surface area contributed by atoms with Crippen LogP contribution in [0.2, 0.25) is 0 Å². The largest absolute Gasteiger partial charge is 0.403 e. The molecule has 1 atom stereocenters. The van der Waals surface area contributed by atoms with Crippen LogP contribution in [0.15, 0.2) is 47.7 Å². The van der Waals surface area contributed by atoms with Crippen molar-refractivity contribution in [1.29, 1.82) is 0 Å². The molecule has 0 amide bonds. The third-order valence-corrected chi connectivity index (χ3v) is 5.29. The van der Waals surface area contributed by atoms with E-state index in [1.54, 1.807) is 0 Å². The number of guanidine groups is 1. The third kappa shape index (κ3) is 7.09. The van der Waals surface area contributed by atoms with Crippen molar-refractivity contribution in [3.05, 3.63) is 48.3 Å². The molecule has 0 bridgehead atoms. The van der Waals surface area contributed by atoms with Gasteiger partial charge in [0.25, 0.3) is 0 Å². The molecule has 1 unspecified atom stereocenters. The molecule has 1 aromatic heterocycles. The maximum atomic E-state index is 12.9. The summed E-state index contributed by atoms with van der Waals surface area (Å²) in [6, 6.07) is 8.49. The second-order valence-corrected chi connectivity index (χ2v) is 7.35. The quantitative estimate of drug-likeness (QED) is 0.340.